The maximum absolute atomic E-state index is 13.7. The number of benzene rings is 1. The van der Waals surface area contributed by atoms with Gasteiger partial charge in [0, 0.05) is 25.2 Å². The Labute approximate surface area is 99.8 Å². The highest BCUT2D eigenvalue weighted by Crippen LogP contribution is 2.23. The summed E-state index contributed by atoms with van der Waals surface area (Å²) in [5.41, 5.74) is 0.640. The van der Waals surface area contributed by atoms with Crippen LogP contribution in [0.2, 0.25) is 0 Å². The summed E-state index contributed by atoms with van der Waals surface area (Å²) in [7, 11) is 0. The van der Waals surface area contributed by atoms with Crippen LogP contribution in [0.15, 0.2) is 12.1 Å². The summed E-state index contributed by atoms with van der Waals surface area (Å²) in [6.07, 6.45) is 0. The highest BCUT2D eigenvalue weighted by molar-refractivity contribution is 5.85. The number of rotatable bonds is 1. The first-order chi connectivity index (χ1) is 7.20. The number of aryl methyl sites for hydroxylation is 1. The predicted octanol–water partition coefficient (Wildman–Crippen LogP) is 1.93. The third-order valence-corrected chi connectivity index (χ3v) is 2.71. The van der Waals surface area contributed by atoms with E-state index in [0.717, 1.165) is 13.1 Å². The molecule has 1 aromatic carbocycles. The van der Waals surface area contributed by atoms with Gasteiger partial charge in [-0.1, -0.05) is 6.07 Å². The maximum Gasteiger partial charge on any atom is 0.133 e. The van der Waals surface area contributed by atoms with Crippen LogP contribution in [-0.4, -0.2) is 19.6 Å². The van der Waals surface area contributed by atoms with Crippen molar-refractivity contribution in [2.45, 2.75) is 13.0 Å². The summed E-state index contributed by atoms with van der Waals surface area (Å²) in [6, 6.07) is 2.52. The van der Waals surface area contributed by atoms with Gasteiger partial charge in [-0.15, -0.1) is 12.4 Å². The van der Waals surface area contributed by atoms with Crippen LogP contribution >= 0.6 is 12.4 Å². The summed E-state index contributed by atoms with van der Waals surface area (Å²) in [5.74, 6) is -0.907. The van der Waals surface area contributed by atoms with Crippen LogP contribution in [-0.2, 0) is 0 Å². The molecule has 1 aromatic rings. The van der Waals surface area contributed by atoms with Gasteiger partial charge in [-0.25, -0.2) is 8.78 Å². The highest BCUT2D eigenvalue weighted by atomic mass is 35.5. The standard InChI is InChI=1S/C11H14F2N2.ClH/c1-7-2-3-8(12)10(11(7)13)9-6-14-4-5-15-9;/h2-3,9,14-15H,4-6H2,1H3;1H/t9-;/m0./s1. The van der Waals surface area contributed by atoms with Crippen molar-refractivity contribution in [3.8, 4) is 0 Å². The van der Waals surface area contributed by atoms with Crippen molar-refractivity contribution in [2.24, 2.45) is 0 Å². The van der Waals surface area contributed by atoms with Gasteiger partial charge in [0.25, 0.3) is 0 Å². The van der Waals surface area contributed by atoms with Crippen LogP contribution in [0.4, 0.5) is 8.78 Å². The molecule has 2 rings (SSSR count). The largest absolute Gasteiger partial charge is 0.314 e. The SMILES string of the molecule is Cc1ccc(F)c([C@@H]2CNCCN2)c1F.Cl. The molecule has 0 unspecified atom stereocenters. The molecule has 0 amide bonds. The molecule has 1 fully saturated rings. The van der Waals surface area contributed by atoms with E-state index in [2.05, 4.69) is 10.6 Å². The van der Waals surface area contributed by atoms with Gasteiger partial charge in [-0.2, -0.15) is 0 Å². The van der Waals surface area contributed by atoms with Gasteiger partial charge in [-0.05, 0) is 18.6 Å². The van der Waals surface area contributed by atoms with Crippen LogP contribution in [0.5, 0.6) is 0 Å². The molecule has 2 N–H and O–H groups in total. The molecule has 0 spiro atoms. The molecule has 1 atom stereocenters. The Bertz CT molecular complexity index is 365. The van der Waals surface area contributed by atoms with Crippen molar-refractivity contribution in [3.63, 3.8) is 0 Å². The van der Waals surface area contributed by atoms with Gasteiger partial charge in [0.2, 0.25) is 0 Å². The molecular weight excluding hydrogens is 234 g/mol. The molecular formula is C11H15ClF2N2. The molecule has 2 nitrogen and oxygen atoms in total. The van der Waals surface area contributed by atoms with Gasteiger partial charge in [-0.3, -0.25) is 0 Å². The summed E-state index contributed by atoms with van der Waals surface area (Å²) < 4.78 is 27.2. The fourth-order valence-corrected chi connectivity index (χ4v) is 1.86. The topological polar surface area (TPSA) is 24.1 Å². The first-order valence-corrected chi connectivity index (χ1v) is 5.08. The lowest BCUT2D eigenvalue weighted by Gasteiger charge is -2.25. The van der Waals surface area contributed by atoms with E-state index < -0.39 is 11.6 Å². The molecule has 0 aromatic heterocycles. The number of hydrogen-bond donors (Lipinski definition) is 2. The molecule has 1 aliphatic heterocycles. The highest BCUT2D eigenvalue weighted by Gasteiger charge is 2.22. The molecule has 0 aliphatic carbocycles. The average molecular weight is 249 g/mol. The second-order valence-corrected chi connectivity index (χ2v) is 3.80. The van der Waals surface area contributed by atoms with E-state index in [4.69, 9.17) is 0 Å². The van der Waals surface area contributed by atoms with Crippen LogP contribution in [0, 0.1) is 18.6 Å². The fraction of sp³-hybridized carbons (Fsp3) is 0.455. The fourth-order valence-electron chi connectivity index (χ4n) is 1.86. The summed E-state index contributed by atoms with van der Waals surface area (Å²) >= 11 is 0. The average Bonchev–Trinajstić information content (AvgIpc) is 2.26. The van der Waals surface area contributed by atoms with Gasteiger partial charge in [0.05, 0.1) is 6.04 Å². The Hall–Kier alpha value is -0.710. The summed E-state index contributed by atoms with van der Waals surface area (Å²) in [5, 5.41) is 6.21. The van der Waals surface area contributed by atoms with Crippen molar-refractivity contribution in [2.75, 3.05) is 19.6 Å². The van der Waals surface area contributed by atoms with E-state index in [0.29, 0.717) is 12.1 Å². The number of nitrogens with one attached hydrogen (secondary N) is 2. The molecule has 1 saturated heterocycles. The van der Waals surface area contributed by atoms with Gasteiger partial charge in [0.15, 0.2) is 0 Å². The lowest BCUT2D eigenvalue weighted by molar-refractivity contribution is 0.400. The van der Waals surface area contributed by atoms with Gasteiger partial charge in [0.1, 0.15) is 11.6 Å². The Morgan fingerprint density at radius 3 is 2.62 bits per heavy atom. The van der Waals surface area contributed by atoms with Gasteiger partial charge >= 0.3 is 0 Å². The second-order valence-electron chi connectivity index (χ2n) is 3.80. The van der Waals surface area contributed by atoms with Crippen LogP contribution < -0.4 is 10.6 Å². The second kappa shape index (κ2) is 5.57. The molecule has 5 heteroatoms. The lowest BCUT2D eigenvalue weighted by Crippen LogP contribution is -2.43. The smallest absolute Gasteiger partial charge is 0.133 e. The van der Waals surface area contributed by atoms with E-state index >= 15 is 0 Å². The number of hydrogen-bond acceptors (Lipinski definition) is 2. The third kappa shape index (κ3) is 2.51. The third-order valence-electron chi connectivity index (χ3n) is 2.71. The molecule has 0 radical (unpaired) electrons. The zero-order valence-electron chi connectivity index (χ0n) is 9.02. The number of piperazine rings is 1. The Morgan fingerprint density at radius 2 is 2.00 bits per heavy atom. The van der Waals surface area contributed by atoms with Crippen LogP contribution in [0.25, 0.3) is 0 Å². The van der Waals surface area contributed by atoms with Crippen molar-refractivity contribution >= 4 is 12.4 Å². The van der Waals surface area contributed by atoms with E-state index in [9.17, 15) is 8.78 Å². The van der Waals surface area contributed by atoms with Crippen LogP contribution in [0.3, 0.4) is 0 Å². The van der Waals surface area contributed by atoms with Crippen LogP contribution in [0.1, 0.15) is 17.2 Å². The molecule has 16 heavy (non-hydrogen) atoms. The van der Waals surface area contributed by atoms with E-state index in [1.807, 2.05) is 0 Å². The Kier molecular flexibility index (Phi) is 4.65. The Balaban J connectivity index is 0.00000128. The minimum Gasteiger partial charge on any atom is -0.314 e. The van der Waals surface area contributed by atoms with Gasteiger partial charge < -0.3 is 10.6 Å². The molecule has 90 valence electrons. The minimum absolute atomic E-state index is 0. The maximum atomic E-state index is 13.7. The molecule has 0 bridgehead atoms. The van der Waals surface area contributed by atoms with Crippen molar-refractivity contribution in [1.29, 1.82) is 0 Å². The lowest BCUT2D eigenvalue weighted by atomic mass is 10.0. The predicted molar refractivity (Wildman–Crippen MR) is 62.0 cm³/mol. The van der Waals surface area contributed by atoms with E-state index in [-0.39, 0.29) is 24.0 Å². The molecule has 1 heterocycles. The van der Waals surface area contributed by atoms with Crippen molar-refractivity contribution < 1.29 is 8.78 Å². The molecule has 1 aliphatic rings. The zero-order chi connectivity index (χ0) is 10.8. The normalized spacial score (nSPS) is 20.3. The zero-order valence-corrected chi connectivity index (χ0v) is 9.83. The minimum atomic E-state index is -0.473. The summed E-state index contributed by atoms with van der Waals surface area (Å²) in [6.45, 7) is 3.79. The van der Waals surface area contributed by atoms with E-state index in [1.165, 1.54) is 12.1 Å². The first-order valence-electron chi connectivity index (χ1n) is 5.08. The summed E-state index contributed by atoms with van der Waals surface area (Å²) in [4.78, 5) is 0. The monoisotopic (exact) mass is 248 g/mol. The van der Waals surface area contributed by atoms with E-state index in [1.54, 1.807) is 6.92 Å². The first kappa shape index (κ1) is 13.4. The Morgan fingerprint density at radius 1 is 1.25 bits per heavy atom. The number of halogens is 3. The quantitative estimate of drug-likeness (QED) is 0.794. The van der Waals surface area contributed by atoms with Crippen molar-refractivity contribution in [3.05, 3.63) is 34.9 Å². The molecule has 0 saturated carbocycles. The van der Waals surface area contributed by atoms with Crippen molar-refractivity contribution in [1.82, 2.24) is 10.6 Å².